The van der Waals surface area contributed by atoms with E-state index in [0.717, 1.165) is 0 Å². The lowest BCUT2D eigenvalue weighted by atomic mass is 10.3. The third-order valence-electron chi connectivity index (χ3n) is 1.38. The molecule has 0 spiro atoms. The van der Waals surface area contributed by atoms with Crippen molar-refractivity contribution < 1.29 is 14.7 Å². The molecule has 0 fully saturated rings. The minimum atomic E-state index is -1.04. The van der Waals surface area contributed by atoms with Gasteiger partial charge >= 0.3 is 5.97 Å². The van der Waals surface area contributed by atoms with Crippen LogP contribution in [0.15, 0.2) is 24.5 Å². The van der Waals surface area contributed by atoms with E-state index in [4.69, 9.17) is 5.11 Å². The molecule has 3 N–H and O–H groups in total. The standard InChI is InChI=1S/C8H9N3O3/c12-7(13)5-10-11-8(14)6-1-3-9-4-2-6/h1-4,10H,5H2,(H,11,14)(H,12,13). The summed E-state index contributed by atoms with van der Waals surface area (Å²) in [5.41, 5.74) is 4.91. The van der Waals surface area contributed by atoms with Crippen LogP contribution in [0.4, 0.5) is 0 Å². The highest BCUT2D eigenvalue weighted by Gasteiger charge is 2.03. The number of carboxylic acids is 1. The normalized spacial score (nSPS) is 9.43. The summed E-state index contributed by atoms with van der Waals surface area (Å²) in [6.07, 6.45) is 2.96. The maximum Gasteiger partial charge on any atom is 0.319 e. The zero-order valence-electron chi connectivity index (χ0n) is 7.23. The van der Waals surface area contributed by atoms with Gasteiger partial charge in [0.1, 0.15) is 6.54 Å². The Morgan fingerprint density at radius 3 is 2.57 bits per heavy atom. The van der Waals surface area contributed by atoms with Gasteiger partial charge in [0.15, 0.2) is 0 Å². The van der Waals surface area contributed by atoms with Crippen molar-refractivity contribution in [2.45, 2.75) is 0 Å². The highest BCUT2D eigenvalue weighted by atomic mass is 16.4. The Hall–Kier alpha value is -1.95. The number of carboxylic acid groups (broad SMARTS) is 1. The molecule has 0 saturated heterocycles. The van der Waals surface area contributed by atoms with Crippen molar-refractivity contribution in [2.75, 3.05) is 6.54 Å². The fourth-order valence-corrected chi connectivity index (χ4v) is 0.776. The maximum atomic E-state index is 11.2. The van der Waals surface area contributed by atoms with Gasteiger partial charge in [-0.15, -0.1) is 0 Å². The number of nitrogens with one attached hydrogen (secondary N) is 2. The summed E-state index contributed by atoms with van der Waals surface area (Å²) in [6, 6.07) is 3.05. The van der Waals surface area contributed by atoms with E-state index in [0.29, 0.717) is 5.56 Å². The second-order valence-electron chi connectivity index (χ2n) is 2.44. The Morgan fingerprint density at radius 1 is 1.36 bits per heavy atom. The third kappa shape index (κ3) is 3.20. The van der Waals surface area contributed by atoms with E-state index in [1.54, 1.807) is 0 Å². The van der Waals surface area contributed by atoms with E-state index in [-0.39, 0.29) is 6.54 Å². The lowest BCUT2D eigenvalue weighted by Crippen LogP contribution is -2.40. The van der Waals surface area contributed by atoms with Gasteiger partial charge in [-0.25, -0.2) is 5.43 Å². The van der Waals surface area contributed by atoms with Gasteiger partial charge < -0.3 is 5.11 Å². The number of aliphatic carboxylic acids is 1. The highest BCUT2D eigenvalue weighted by molar-refractivity contribution is 5.93. The van der Waals surface area contributed by atoms with Crippen LogP contribution in [-0.4, -0.2) is 28.5 Å². The van der Waals surface area contributed by atoms with Gasteiger partial charge in [0.05, 0.1) is 0 Å². The predicted molar refractivity (Wildman–Crippen MR) is 47.3 cm³/mol. The molecule has 0 saturated carbocycles. The molecule has 1 amide bonds. The van der Waals surface area contributed by atoms with Gasteiger partial charge in [0.2, 0.25) is 0 Å². The minimum absolute atomic E-state index is 0.323. The number of carbonyl (C=O) groups excluding carboxylic acids is 1. The summed E-state index contributed by atoms with van der Waals surface area (Å²) in [4.78, 5) is 25.1. The first-order valence-corrected chi connectivity index (χ1v) is 3.85. The van der Waals surface area contributed by atoms with Gasteiger partial charge in [0.25, 0.3) is 5.91 Å². The number of carbonyl (C=O) groups is 2. The Balaban J connectivity index is 2.40. The van der Waals surface area contributed by atoms with Crippen LogP contribution in [0.5, 0.6) is 0 Å². The Kier molecular flexibility index (Phi) is 3.57. The predicted octanol–water partition coefficient (Wildman–Crippen LogP) is -0.599. The van der Waals surface area contributed by atoms with Crippen molar-refractivity contribution in [2.24, 2.45) is 0 Å². The molecule has 1 aromatic heterocycles. The van der Waals surface area contributed by atoms with Crippen molar-refractivity contribution in [3.63, 3.8) is 0 Å². The lowest BCUT2D eigenvalue weighted by Gasteiger charge is -2.03. The first-order valence-electron chi connectivity index (χ1n) is 3.85. The monoisotopic (exact) mass is 195 g/mol. The summed E-state index contributed by atoms with van der Waals surface area (Å²) in [5.74, 6) is -1.44. The number of aromatic nitrogens is 1. The number of nitrogens with zero attached hydrogens (tertiary/aromatic N) is 1. The van der Waals surface area contributed by atoms with E-state index in [1.807, 2.05) is 0 Å². The fraction of sp³-hybridized carbons (Fsp3) is 0.125. The van der Waals surface area contributed by atoms with Crippen molar-refractivity contribution in [3.8, 4) is 0 Å². The molecule has 0 aromatic carbocycles. The Morgan fingerprint density at radius 2 is 2.00 bits per heavy atom. The van der Waals surface area contributed by atoms with E-state index in [2.05, 4.69) is 15.8 Å². The summed E-state index contributed by atoms with van der Waals surface area (Å²) in [5, 5.41) is 8.27. The molecule has 0 aliphatic heterocycles. The number of amides is 1. The average Bonchev–Trinajstić information content (AvgIpc) is 2.18. The van der Waals surface area contributed by atoms with Gasteiger partial charge in [0, 0.05) is 18.0 Å². The van der Waals surface area contributed by atoms with Crippen LogP contribution in [0.3, 0.4) is 0 Å². The average molecular weight is 195 g/mol. The second kappa shape index (κ2) is 4.93. The quantitative estimate of drug-likeness (QED) is 0.558. The number of hydrazine groups is 1. The van der Waals surface area contributed by atoms with E-state index < -0.39 is 11.9 Å². The number of rotatable bonds is 4. The maximum absolute atomic E-state index is 11.2. The van der Waals surface area contributed by atoms with Crippen LogP contribution in [0.25, 0.3) is 0 Å². The zero-order valence-corrected chi connectivity index (χ0v) is 7.23. The molecule has 0 radical (unpaired) electrons. The molecule has 0 bridgehead atoms. The zero-order chi connectivity index (χ0) is 10.4. The molecule has 0 unspecified atom stereocenters. The fourth-order valence-electron chi connectivity index (χ4n) is 0.776. The molecule has 14 heavy (non-hydrogen) atoms. The summed E-state index contributed by atoms with van der Waals surface area (Å²) < 4.78 is 0. The summed E-state index contributed by atoms with van der Waals surface area (Å²) in [6.45, 7) is -0.323. The Labute approximate surface area is 79.9 Å². The summed E-state index contributed by atoms with van der Waals surface area (Å²) in [7, 11) is 0. The topological polar surface area (TPSA) is 91.3 Å². The SMILES string of the molecule is O=C(O)CNNC(=O)c1ccncc1. The molecule has 0 aliphatic rings. The largest absolute Gasteiger partial charge is 0.480 e. The van der Waals surface area contributed by atoms with Gasteiger partial charge in [-0.2, -0.15) is 0 Å². The number of hydrogen-bond donors (Lipinski definition) is 3. The smallest absolute Gasteiger partial charge is 0.319 e. The van der Waals surface area contributed by atoms with Crippen molar-refractivity contribution in [1.29, 1.82) is 0 Å². The van der Waals surface area contributed by atoms with Crippen LogP contribution in [0.1, 0.15) is 10.4 Å². The molecular formula is C8H9N3O3. The molecule has 0 atom stereocenters. The van der Waals surface area contributed by atoms with Gasteiger partial charge in [-0.3, -0.25) is 20.0 Å². The number of hydrogen-bond acceptors (Lipinski definition) is 4. The molecule has 1 heterocycles. The second-order valence-corrected chi connectivity index (χ2v) is 2.44. The first-order chi connectivity index (χ1) is 6.70. The molecular weight excluding hydrogens is 186 g/mol. The molecule has 6 nitrogen and oxygen atoms in total. The van der Waals surface area contributed by atoms with E-state index in [9.17, 15) is 9.59 Å². The minimum Gasteiger partial charge on any atom is -0.480 e. The van der Waals surface area contributed by atoms with Crippen LogP contribution in [-0.2, 0) is 4.79 Å². The molecule has 6 heteroatoms. The molecule has 74 valence electrons. The molecule has 1 rings (SSSR count). The van der Waals surface area contributed by atoms with Crippen molar-refractivity contribution in [1.82, 2.24) is 15.8 Å². The van der Waals surface area contributed by atoms with Crippen LogP contribution in [0.2, 0.25) is 0 Å². The van der Waals surface area contributed by atoms with Crippen molar-refractivity contribution >= 4 is 11.9 Å². The van der Waals surface area contributed by atoms with Crippen LogP contribution in [0, 0.1) is 0 Å². The molecule has 0 aliphatic carbocycles. The summed E-state index contributed by atoms with van der Waals surface area (Å²) >= 11 is 0. The van der Waals surface area contributed by atoms with Crippen molar-refractivity contribution in [3.05, 3.63) is 30.1 Å². The van der Waals surface area contributed by atoms with E-state index in [1.165, 1.54) is 24.5 Å². The van der Waals surface area contributed by atoms with Crippen LogP contribution < -0.4 is 10.9 Å². The first kappa shape index (κ1) is 10.1. The van der Waals surface area contributed by atoms with E-state index >= 15 is 0 Å². The third-order valence-corrected chi connectivity index (χ3v) is 1.38. The molecule has 1 aromatic rings. The lowest BCUT2D eigenvalue weighted by molar-refractivity contribution is -0.136. The van der Waals surface area contributed by atoms with Crippen LogP contribution >= 0.6 is 0 Å². The van der Waals surface area contributed by atoms with Gasteiger partial charge in [-0.05, 0) is 12.1 Å². The van der Waals surface area contributed by atoms with Gasteiger partial charge in [-0.1, -0.05) is 0 Å². The Bertz CT molecular complexity index is 326. The number of pyridine rings is 1. The highest BCUT2D eigenvalue weighted by Crippen LogP contribution is 1.93.